The highest BCUT2D eigenvalue weighted by Gasteiger charge is 2.27. The number of carboxylic acids is 1. The lowest BCUT2D eigenvalue weighted by molar-refractivity contribution is -0.135. The fourth-order valence-electron chi connectivity index (χ4n) is 2.46. The Morgan fingerprint density at radius 3 is 2.85 bits per heavy atom. The summed E-state index contributed by atoms with van der Waals surface area (Å²) >= 11 is 0. The Hall–Kier alpha value is -2.04. The molecule has 1 heterocycles. The van der Waals surface area contributed by atoms with Gasteiger partial charge in [-0.15, -0.1) is 0 Å². The summed E-state index contributed by atoms with van der Waals surface area (Å²) in [6.45, 7) is 2.81. The van der Waals surface area contributed by atoms with E-state index in [-0.39, 0.29) is 12.5 Å². The SMILES string of the molecule is CCCCN1C(=O)Cc2cc(N(C)CC(=O)O)ccc21. The number of carboxylic acid groups (broad SMARTS) is 1. The van der Waals surface area contributed by atoms with Gasteiger partial charge in [-0.2, -0.15) is 0 Å². The van der Waals surface area contributed by atoms with Crippen LogP contribution in [0.3, 0.4) is 0 Å². The second-order valence-corrected chi connectivity index (χ2v) is 5.14. The lowest BCUT2D eigenvalue weighted by Crippen LogP contribution is -2.27. The lowest BCUT2D eigenvalue weighted by Gasteiger charge is -2.20. The number of rotatable bonds is 6. The number of carbonyl (C=O) groups excluding carboxylic acids is 1. The third kappa shape index (κ3) is 2.92. The predicted molar refractivity (Wildman–Crippen MR) is 78.3 cm³/mol. The molecular weight excluding hydrogens is 256 g/mol. The highest BCUT2D eigenvalue weighted by molar-refractivity contribution is 6.01. The van der Waals surface area contributed by atoms with Crippen molar-refractivity contribution < 1.29 is 14.7 Å². The Kier molecular flexibility index (Phi) is 4.27. The van der Waals surface area contributed by atoms with Gasteiger partial charge in [-0.25, -0.2) is 0 Å². The van der Waals surface area contributed by atoms with E-state index in [0.717, 1.165) is 36.3 Å². The normalized spacial score (nSPS) is 13.5. The van der Waals surface area contributed by atoms with E-state index in [9.17, 15) is 9.59 Å². The fourth-order valence-corrected chi connectivity index (χ4v) is 2.46. The molecule has 0 bridgehead atoms. The molecule has 0 atom stereocenters. The molecule has 0 aliphatic carbocycles. The number of fused-ring (bicyclic) bond motifs is 1. The number of hydrogen-bond donors (Lipinski definition) is 1. The number of likely N-dealkylation sites (N-methyl/N-ethyl adjacent to an activating group) is 1. The van der Waals surface area contributed by atoms with Crippen LogP contribution in [0, 0.1) is 0 Å². The first-order valence-corrected chi connectivity index (χ1v) is 6.89. The van der Waals surface area contributed by atoms with E-state index >= 15 is 0 Å². The number of aliphatic carboxylic acids is 1. The minimum atomic E-state index is -0.867. The first-order chi connectivity index (χ1) is 9.52. The van der Waals surface area contributed by atoms with Gasteiger partial charge in [0.05, 0.1) is 6.42 Å². The molecule has 1 aromatic rings. The van der Waals surface area contributed by atoms with Crippen molar-refractivity contribution in [3.05, 3.63) is 23.8 Å². The quantitative estimate of drug-likeness (QED) is 0.862. The van der Waals surface area contributed by atoms with Crippen LogP contribution in [0.4, 0.5) is 11.4 Å². The smallest absolute Gasteiger partial charge is 0.323 e. The number of hydrogen-bond acceptors (Lipinski definition) is 3. The van der Waals surface area contributed by atoms with Crippen LogP contribution in [0.2, 0.25) is 0 Å². The van der Waals surface area contributed by atoms with E-state index < -0.39 is 5.97 Å². The van der Waals surface area contributed by atoms with Gasteiger partial charge in [0.2, 0.25) is 5.91 Å². The third-order valence-electron chi connectivity index (χ3n) is 3.55. The van der Waals surface area contributed by atoms with Crippen molar-refractivity contribution in [3.8, 4) is 0 Å². The predicted octanol–water partition coefficient (Wildman–Crippen LogP) is 1.90. The number of anilines is 2. The zero-order chi connectivity index (χ0) is 14.7. The monoisotopic (exact) mass is 276 g/mol. The molecule has 1 aliphatic rings. The van der Waals surface area contributed by atoms with E-state index in [0.29, 0.717) is 6.42 Å². The number of unbranched alkanes of at least 4 members (excludes halogenated alkanes) is 1. The second kappa shape index (κ2) is 5.94. The molecule has 0 fully saturated rings. The molecule has 20 heavy (non-hydrogen) atoms. The first kappa shape index (κ1) is 14.4. The largest absolute Gasteiger partial charge is 0.480 e. The van der Waals surface area contributed by atoms with Gasteiger partial charge in [0.15, 0.2) is 0 Å². The topological polar surface area (TPSA) is 60.9 Å². The van der Waals surface area contributed by atoms with E-state index in [1.165, 1.54) is 0 Å². The van der Waals surface area contributed by atoms with Crippen LogP contribution >= 0.6 is 0 Å². The minimum Gasteiger partial charge on any atom is -0.480 e. The van der Waals surface area contributed by atoms with Crippen molar-refractivity contribution in [2.24, 2.45) is 0 Å². The number of amides is 1. The summed E-state index contributed by atoms with van der Waals surface area (Å²) in [5.41, 5.74) is 2.79. The van der Waals surface area contributed by atoms with Gasteiger partial charge in [-0.05, 0) is 30.2 Å². The summed E-state index contributed by atoms with van der Waals surface area (Å²) in [6, 6.07) is 5.71. The Labute approximate surface area is 118 Å². The molecule has 1 N–H and O–H groups in total. The van der Waals surface area contributed by atoms with Crippen molar-refractivity contribution in [2.75, 3.05) is 29.9 Å². The van der Waals surface area contributed by atoms with Crippen LogP contribution in [0.15, 0.2) is 18.2 Å². The maximum atomic E-state index is 12.0. The van der Waals surface area contributed by atoms with Gasteiger partial charge in [-0.3, -0.25) is 9.59 Å². The van der Waals surface area contributed by atoms with Gasteiger partial charge < -0.3 is 14.9 Å². The summed E-state index contributed by atoms with van der Waals surface area (Å²) in [6.07, 6.45) is 2.46. The maximum absolute atomic E-state index is 12.0. The van der Waals surface area contributed by atoms with Gasteiger partial charge in [0.25, 0.3) is 0 Å². The molecule has 0 saturated heterocycles. The summed E-state index contributed by atoms with van der Waals surface area (Å²) in [4.78, 5) is 26.3. The minimum absolute atomic E-state index is 0.0493. The maximum Gasteiger partial charge on any atom is 0.323 e. The van der Waals surface area contributed by atoms with Crippen LogP contribution in [0.25, 0.3) is 0 Å². The zero-order valence-corrected chi connectivity index (χ0v) is 11.9. The highest BCUT2D eigenvalue weighted by atomic mass is 16.4. The molecule has 5 heteroatoms. The molecule has 0 aromatic heterocycles. The van der Waals surface area contributed by atoms with Crippen LogP contribution < -0.4 is 9.80 Å². The molecule has 2 rings (SSSR count). The Morgan fingerprint density at radius 1 is 1.45 bits per heavy atom. The molecule has 5 nitrogen and oxygen atoms in total. The van der Waals surface area contributed by atoms with E-state index in [4.69, 9.17) is 5.11 Å². The molecule has 1 amide bonds. The summed E-state index contributed by atoms with van der Waals surface area (Å²) in [7, 11) is 1.74. The molecule has 1 aromatic carbocycles. The average molecular weight is 276 g/mol. The van der Waals surface area contributed by atoms with Gasteiger partial charge in [-0.1, -0.05) is 13.3 Å². The van der Waals surface area contributed by atoms with Crippen molar-refractivity contribution in [3.63, 3.8) is 0 Å². The van der Waals surface area contributed by atoms with Crippen molar-refractivity contribution in [1.82, 2.24) is 0 Å². The standard InChI is InChI=1S/C15H20N2O3/c1-3-4-7-17-13-6-5-12(16(2)10-15(19)20)8-11(13)9-14(17)18/h5-6,8H,3-4,7,9-10H2,1-2H3,(H,19,20). The van der Waals surface area contributed by atoms with Crippen molar-refractivity contribution in [1.29, 1.82) is 0 Å². The summed E-state index contributed by atoms with van der Waals surface area (Å²) in [5, 5.41) is 8.82. The molecule has 0 unspecified atom stereocenters. The molecule has 0 spiro atoms. The van der Waals surface area contributed by atoms with Gasteiger partial charge in [0.1, 0.15) is 6.54 Å². The first-order valence-electron chi connectivity index (χ1n) is 6.89. The van der Waals surface area contributed by atoms with Gasteiger partial charge in [0, 0.05) is 25.0 Å². The number of carbonyl (C=O) groups is 2. The number of nitrogens with zero attached hydrogens (tertiary/aromatic N) is 2. The highest BCUT2D eigenvalue weighted by Crippen LogP contribution is 2.32. The number of benzene rings is 1. The lowest BCUT2D eigenvalue weighted by atomic mass is 10.1. The van der Waals surface area contributed by atoms with E-state index in [1.807, 2.05) is 23.1 Å². The molecule has 108 valence electrons. The molecular formula is C15H20N2O3. The summed E-state index contributed by atoms with van der Waals surface area (Å²) in [5.74, 6) is -0.736. The third-order valence-corrected chi connectivity index (χ3v) is 3.55. The van der Waals surface area contributed by atoms with Crippen molar-refractivity contribution >= 4 is 23.3 Å². The molecule has 0 saturated carbocycles. The Bertz CT molecular complexity index is 528. The Balaban J connectivity index is 2.19. The molecule has 1 aliphatic heterocycles. The Morgan fingerprint density at radius 2 is 2.20 bits per heavy atom. The van der Waals surface area contributed by atoms with Crippen LogP contribution in [-0.4, -0.2) is 37.1 Å². The van der Waals surface area contributed by atoms with E-state index in [2.05, 4.69) is 6.92 Å². The van der Waals surface area contributed by atoms with E-state index in [1.54, 1.807) is 11.9 Å². The fraction of sp³-hybridized carbons (Fsp3) is 0.467. The van der Waals surface area contributed by atoms with Crippen LogP contribution in [0.5, 0.6) is 0 Å². The molecule has 0 radical (unpaired) electrons. The van der Waals surface area contributed by atoms with Crippen molar-refractivity contribution in [2.45, 2.75) is 26.2 Å². The van der Waals surface area contributed by atoms with Crippen LogP contribution in [0.1, 0.15) is 25.3 Å². The summed E-state index contributed by atoms with van der Waals surface area (Å²) < 4.78 is 0. The second-order valence-electron chi connectivity index (χ2n) is 5.14. The average Bonchev–Trinajstić information content (AvgIpc) is 2.70. The zero-order valence-electron chi connectivity index (χ0n) is 11.9. The van der Waals surface area contributed by atoms with Crippen LogP contribution in [-0.2, 0) is 16.0 Å². The van der Waals surface area contributed by atoms with Gasteiger partial charge >= 0.3 is 5.97 Å².